The molecule has 1 aliphatic heterocycles. The van der Waals surface area contributed by atoms with E-state index in [2.05, 4.69) is 13.8 Å². The minimum absolute atomic E-state index is 0.0446. The molecule has 0 aromatic rings. The molecule has 0 spiro atoms. The zero-order valence-electron chi connectivity index (χ0n) is 10.0. The second-order valence-corrected chi connectivity index (χ2v) is 7.79. The topological polar surface area (TPSA) is 63.4 Å². The van der Waals surface area contributed by atoms with Crippen molar-refractivity contribution in [2.24, 2.45) is 11.1 Å². The van der Waals surface area contributed by atoms with E-state index in [9.17, 15) is 8.42 Å². The molecule has 90 valence electrons. The molecule has 4 nitrogen and oxygen atoms in total. The molecule has 1 rings (SSSR count). The first-order chi connectivity index (χ1) is 6.68. The average Bonchev–Trinajstić information content (AvgIpc) is 2.09. The second kappa shape index (κ2) is 4.03. The molecule has 1 unspecified atom stereocenters. The highest BCUT2D eigenvalue weighted by Crippen LogP contribution is 2.30. The fourth-order valence-electron chi connectivity index (χ4n) is 1.69. The van der Waals surface area contributed by atoms with Crippen molar-refractivity contribution >= 4 is 10.0 Å². The first-order valence-corrected chi connectivity index (χ1v) is 6.93. The van der Waals surface area contributed by atoms with Crippen molar-refractivity contribution in [3.63, 3.8) is 0 Å². The lowest BCUT2D eigenvalue weighted by atomic mass is 9.79. The summed E-state index contributed by atoms with van der Waals surface area (Å²) in [6.45, 7) is 8.66. The Morgan fingerprint density at radius 3 is 2.33 bits per heavy atom. The van der Waals surface area contributed by atoms with Gasteiger partial charge in [0.15, 0.2) is 0 Å². The van der Waals surface area contributed by atoms with Gasteiger partial charge in [-0.25, -0.2) is 12.7 Å². The molecule has 5 heteroatoms. The van der Waals surface area contributed by atoms with Crippen molar-refractivity contribution in [1.82, 2.24) is 4.31 Å². The normalized spacial score (nSPS) is 28.3. The quantitative estimate of drug-likeness (QED) is 0.768. The molecule has 1 saturated heterocycles. The van der Waals surface area contributed by atoms with Gasteiger partial charge in [-0.1, -0.05) is 13.8 Å². The van der Waals surface area contributed by atoms with Gasteiger partial charge in [-0.3, -0.25) is 0 Å². The van der Waals surface area contributed by atoms with Crippen molar-refractivity contribution in [2.45, 2.75) is 45.4 Å². The molecule has 15 heavy (non-hydrogen) atoms. The number of piperidine rings is 1. The van der Waals surface area contributed by atoms with E-state index in [0.717, 1.165) is 6.42 Å². The third kappa shape index (κ3) is 2.52. The van der Waals surface area contributed by atoms with Crippen LogP contribution in [0.5, 0.6) is 0 Å². The Bertz CT molecular complexity index is 322. The van der Waals surface area contributed by atoms with Gasteiger partial charge in [-0.15, -0.1) is 0 Å². The van der Waals surface area contributed by atoms with E-state index < -0.39 is 10.0 Å². The van der Waals surface area contributed by atoms with Crippen LogP contribution in [0.25, 0.3) is 0 Å². The smallest absolute Gasteiger partial charge is 0.216 e. The summed E-state index contributed by atoms with van der Waals surface area (Å²) in [5.41, 5.74) is 6.04. The lowest BCUT2D eigenvalue weighted by Gasteiger charge is -2.41. The van der Waals surface area contributed by atoms with E-state index in [4.69, 9.17) is 5.73 Å². The van der Waals surface area contributed by atoms with Gasteiger partial charge < -0.3 is 5.73 Å². The SMILES string of the molecule is CC(C)S(=O)(=O)N1CCC(C)(C)C(N)C1. The predicted octanol–water partition coefficient (Wildman–Crippen LogP) is 0.784. The van der Waals surface area contributed by atoms with Crippen LogP contribution in [0, 0.1) is 5.41 Å². The fourth-order valence-corrected chi connectivity index (χ4v) is 3.00. The molecule has 0 aromatic carbocycles. The van der Waals surface area contributed by atoms with Crippen molar-refractivity contribution in [2.75, 3.05) is 13.1 Å². The molecule has 1 atom stereocenters. The Morgan fingerprint density at radius 1 is 1.40 bits per heavy atom. The molecule has 0 saturated carbocycles. The van der Waals surface area contributed by atoms with Crippen LogP contribution in [-0.4, -0.2) is 37.1 Å². The number of nitrogens with two attached hydrogens (primary N) is 1. The number of rotatable bonds is 2. The summed E-state index contributed by atoms with van der Waals surface area (Å²) in [6.07, 6.45) is 0.833. The van der Waals surface area contributed by atoms with Crippen LogP contribution < -0.4 is 5.73 Å². The highest BCUT2D eigenvalue weighted by Gasteiger charge is 2.38. The molecule has 1 heterocycles. The fraction of sp³-hybridized carbons (Fsp3) is 1.00. The molecule has 1 fully saturated rings. The lowest BCUT2D eigenvalue weighted by Crippen LogP contribution is -2.55. The van der Waals surface area contributed by atoms with Crippen LogP contribution in [0.3, 0.4) is 0 Å². The molecule has 1 aliphatic rings. The van der Waals surface area contributed by atoms with Gasteiger partial charge in [0.2, 0.25) is 10.0 Å². The lowest BCUT2D eigenvalue weighted by molar-refractivity contribution is 0.160. The van der Waals surface area contributed by atoms with Crippen LogP contribution in [0.15, 0.2) is 0 Å². The zero-order chi connectivity index (χ0) is 11.9. The maximum Gasteiger partial charge on any atom is 0.216 e. The number of hydrogen-bond acceptors (Lipinski definition) is 3. The summed E-state index contributed by atoms with van der Waals surface area (Å²) in [4.78, 5) is 0. The Hall–Kier alpha value is -0.130. The standard InChI is InChI=1S/C10H22N2O2S/c1-8(2)15(13,14)12-6-5-10(3,4)9(11)7-12/h8-9H,5-7,11H2,1-4H3. The van der Waals surface area contributed by atoms with Crippen molar-refractivity contribution in [1.29, 1.82) is 0 Å². The van der Waals surface area contributed by atoms with Gasteiger partial charge in [0, 0.05) is 19.1 Å². The molecular formula is C10H22N2O2S. The summed E-state index contributed by atoms with van der Waals surface area (Å²) < 4.78 is 25.4. The van der Waals surface area contributed by atoms with Crippen LogP contribution in [-0.2, 0) is 10.0 Å². The van der Waals surface area contributed by atoms with Crippen molar-refractivity contribution in [3.05, 3.63) is 0 Å². The van der Waals surface area contributed by atoms with E-state index in [0.29, 0.717) is 13.1 Å². The van der Waals surface area contributed by atoms with Crippen molar-refractivity contribution < 1.29 is 8.42 Å². The summed E-state index contributed by atoms with van der Waals surface area (Å²) >= 11 is 0. The Balaban J connectivity index is 2.79. The van der Waals surface area contributed by atoms with Crippen LogP contribution in [0.4, 0.5) is 0 Å². The maximum atomic E-state index is 11.9. The van der Waals surface area contributed by atoms with E-state index in [-0.39, 0.29) is 16.7 Å². The van der Waals surface area contributed by atoms with Gasteiger partial charge >= 0.3 is 0 Å². The molecule has 0 amide bonds. The largest absolute Gasteiger partial charge is 0.326 e. The first kappa shape index (κ1) is 12.9. The van der Waals surface area contributed by atoms with Gasteiger partial charge in [-0.05, 0) is 25.7 Å². The summed E-state index contributed by atoms with van der Waals surface area (Å²) in [5.74, 6) is 0. The van der Waals surface area contributed by atoms with Gasteiger partial charge in [0.1, 0.15) is 0 Å². The predicted molar refractivity (Wildman–Crippen MR) is 62.0 cm³/mol. The van der Waals surface area contributed by atoms with E-state index in [1.807, 2.05) is 0 Å². The highest BCUT2D eigenvalue weighted by atomic mass is 32.2. The van der Waals surface area contributed by atoms with Gasteiger partial charge in [0.25, 0.3) is 0 Å². The minimum atomic E-state index is -3.13. The van der Waals surface area contributed by atoms with Crippen LogP contribution >= 0.6 is 0 Å². The number of nitrogens with zero attached hydrogens (tertiary/aromatic N) is 1. The average molecular weight is 234 g/mol. The monoisotopic (exact) mass is 234 g/mol. The number of hydrogen-bond donors (Lipinski definition) is 1. The van der Waals surface area contributed by atoms with Gasteiger partial charge in [-0.2, -0.15) is 0 Å². The van der Waals surface area contributed by atoms with Gasteiger partial charge in [0.05, 0.1) is 5.25 Å². The summed E-state index contributed by atoms with van der Waals surface area (Å²) in [7, 11) is -3.13. The van der Waals surface area contributed by atoms with E-state index in [1.165, 1.54) is 4.31 Å². The molecule has 0 aromatic heterocycles. The molecule has 2 N–H and O–H groups in total. The second-order valence-electron chi connectivity index (χ2n) is 5.30. The third-order valence-corrected chi connectivity index (χ3v) is 5.61. The first-order valence-electron chi connectivity index (χ1n) is 5.42. The third-order valence-electron chi connectivity index (χ3n) is 3.37. The molecule has 0 radical (unpaired) electrons. The van der Waals surface area contributed by atoms with Crippen molar-refractivity contribution in [3.8, 4) is 0 Å². The Kier molecular flexibility index (Phi) is 3.48. The highest BCUT2D eigenvalue weighted by molar-refractivity contribution is 7.89. The number of sulfonamides is 1. The Morgan fingerprint density at radius 2 is 1.93 bits per heavy atom. The maximum absolute atomic E-state index is 11.9. The summed E-state index contributed by atoms with van der Waals surface area (Å²) in [6, 6.07) is -0.0697. The van der Waals surface area contributed by atoms with E-state index >= 15 is 0 Å². The minimum Gasteiger partial charge on any atom is -0.326 e. The zero-order valence-corrected chi connectivity index (χ0v) is 10.8. The van der Waals surface area contributed by atoms with Crippen LogP contribution in [0.2, 0.25) is 0 Å². The van der Waals surface area contributed by atoms with Crippen LogP contribution in [0.1, 0.15) is 34.1 Å². The van der Waals surface area contributed by atoms with E-state index in [1.54, 1.807) is 13.8 Å². The summed E-state index contributed by atoms with van der Waals surface area (Å²) in [5, 5.41) is -0.356. The molecular weight excluding hydrogens is 212 g/mol. The Labute approximate surface area is 92.9 Å². The molecule has 0 aliphatic carbocycles. The molecule has 0 bridgehead atoms.